The van der Waals surface area contributed by atoms with Crippen LogP contribution in [0, 0.1) is 6.92 Å². The van der Waals surface area contributed by atoms with Gasteiger partial charge in [-0.05, 0) is 31.4 Å². The zero-order valence-corrected chi connectivity index (χ0v) is 12.8. The zero-order valence-electron chi connectivity index (χ0n) is 12.8. The molecule has 0 fully saturated rings. The number of benzene rings is 1. The third-order valence-electron chi connectivity index (χ3n) is 3.09. The first-order valence-corrected chi connectivity index (χ1v) is 7.00. The van der Waals surface area contributed by atoms with Crippen molar-refractivity contribution < 1.29 is 14.0 Å². The summed E-state index contributed by atoms with van der Waals surface area (Å²) in [5, 5.41) is 3.97. The second-order valence-corrected chi connectivity index (χ2v) is 5.25. The van der Waals surface area contributed by atoms with Crippen molar-refractivity contribution in [1.29, 1.82) is 0 Å². The van der Waals surface area contributed by atoms with Gasteiger partial charge in [0.1, 0.15) is 24.7 Å². The highest BCUT2D eigenvalue weighted by atomic mass is 16.5. The van der Waals surface area contributed by atoms with Crippen LogP contribution in [0.1, 0.15) is 29.5 Å². The molecule has 1 aromatic heterocycles. The lowest BCUT2D eigenvalue weighted by molar-refractivity contribution is 0.155. The molecule has 0 saturated heterocycles. The molecule has 0 radical (unpaired) electrons. The first-order valence-electron chi connectivity index (χ1n) is 7.00. The fourth-order valence-electron chi connectivity index (χ4n) is 2.21. The van der Waals surface area contributed by atoms with Crippen molar-refractivity contribution >= 4 is 0 Å². The molecule has 1 aromatic carbocycles. The Bertz CT molecular complexity index is 579. The Kier molecular flexibility index (Phi) is 5.36. The van der Waals surface area contributed by atoms with Gasteiger partial charge in [0, 0.05) is 19.2 Å². The van der Waals surface area contributed by atoms with Crippen molar-refractivity contribution in [2.75, 3.05) is 7.11 Å². The van der Waals surface area contributed by atoms with Gasteiger partial charge >= 0.3 is 0 Å². The summed E-state index contributed by atoms with van der Waals surface area (Å²) in [6.45, 7) is 4.79. The summed E-state index contributed by atoms with van der Waals surface area (Å²) in [7, 11) is 1.62. The molecule has 1 unspecified atom stereocenters. The number of nitrogens with two attached hydrogens (primary N) is 1. The van der Waals surface area contributed by atoms with Crippen LogP contribution in [0.5, 0.6) is 5.75 Å². The van der Waals surface area contributed by atoms with Crippen molar-refractivity contribution in [1.82, 2.24) is 5.16 Å². The van der Waals surface area contributed by atoms with E-state index in [9.17, 15) is 0 Å². The monoisotopic (exact) mass is 290 g/mol. The lowest BCUT2D eigenvalue weighted by Gasteiger charge is -2.14. The molecule has 2 N–H and O–H groups in total. The Morgan fingerprint density at radius 2 is 2.14 bits per heavy atom. The van der Waals surface area contributed by atoms with Gasteiger partial charge in [0.05, 0.1) is 0 Å². The maximum absolute atomic E-state index is 5.93. The van der Waals surface area contributed by atoms with E-state index in [1.54, 1.807) is 7.11 Å². The molecule has 0 aliphatic rings. The molecule has 1 heterocycles. The predicted molar refractivity (Wildman–Crippen MR) is 80.1 cm³/mol. The van der Waals surface area contributed by atoms with Crippen LogP contribution in [-0.4, -0.2) is 18.3 Å². The van der Waals surface area contributed by atoms with Gasteiger partial charge in [0.25, 0.3) is 0 Å². The predicted octanol–water partition coefficient (Wildman–Crippen LogP) is 2.60. The molecule has 2 rings (SSSR count). The molecule has 0 bridgehead atoms. The van der Waals surface area contributed by atoms with Crippen LogP contribution in [0.4, 0.5) is 0 Å². The van der Waals surface area contributed by atoms with Crippen LogP contribution in [0.2, 0.25) is 0 Å². The van der Waals surface area contributed by atoms with Crippen molar-refractivity contribution in [3.63, 3.8) is 0 Å². The summed E-state index contributed by atoms with van der Waals surface area (Å²) < 4.78 is 16.1. The zero-order chi connectivity index (χ0) is 15.2. The van der Waals surface area contributed by atoms with Gasteiger partial charge in [-0.3, -0.25) is 0 Å². The standard InChI is InChI=1S/C16H22N2O3/c1-11-5-4-6-13(7-12(2)17)16(11)20-9-14-8-15(10-19-3)21-18-14/h4-6,8,12H,7,9-10,17H2,1-3H3. The smallest absolute Gasteiger partial charge is 0.162 e. The molecule has 0 amide bonds. The molecule has 5 nitrogen and oxygen atoms in total. The van der Waals surface area contributed by atoms with E-state index in [-0.39, 0.29) is 6.04 Å². The van der Waals surface area contributed by atoms with E-state index in [4.69, 9.17) is 19.7 Å². The number of ether oxygens (including phenoxy) is 2. The van der Waals surface area contributed by atoms with Crippen LogP contribution in [0.25, 0.3) is 0 Å². The van der Waals surface area contributed by atoms with E-state index in [0.717, 1.165) is 29.0 Å². The largest absolute Gasteiger partial charge is 0.487 e. The van der Waals surface area contributed by atoms with Gasteiger partial charge in [-0.15, -0.1) is 0 Å². The normalized spacial score (nSPS) is 12.4. The topological polar surface area (TPSA) is 70.5 Å². The highest BCUT2D eigenvalue weighted by Crippen LogP contribution is 2.25. The Labute approximate surface area is 125 Å². The molecular weight excluding hydrogens is 268 g/mol. The Hall–Kier alpha value is -1.85. The van der Waals surface area contributed by atoms with Crippen LogP contribution >= 0.6 is 0 Å². The molecule has 2 aromatic rings. The lowest BCUT2D eigenvalue weighted by atomic mass is 10.0. The summed E-state index contributed by atoms with van der Waals surface area (Å²) in [5.41, 5.74) is 8.85. The molecule has 114 valence electrons. The van der Waals surface area contributed by atoms with Crippen molar-refractivity contribution in [2.45, 2.75) is 39.5 Å². The summed E-state index contributed by atoms with van der Waals surface area (Å²) in [4.78, 5) is 0. The van der Waals surface area contributed by atoms with E-state index in [1.807, 2.05) is 38.1 Å². The van der Waals surface area contributed by atoms with E-state index >= 15 is 0 Å². The van der Waals surface area contributed by atoms with Gasteiger partial charge in [-0.25, -0.2) is 0 Å². The van der Waals surface area contributed by atoms with Gasteiger partial charge < -0.3 is 19.7 Å². The Morgan fingerprint density at radius 1 is 1.33 bits per heavy atom. The minimum atomic E-state index is 0.0921. The first kappa shape index (κ1) is 15.5. The third-order valence-corrected chi connectivity index (χ3v) is 3.09. The van der Waals surface area contributed by atoms with E-state index in [0.29, 0.717) is 19.0 Å². The number of hydrogen-bond acceptors (Lipinski definition) is 5. The highest BCUT2D eigenvalue weighted by molar-refractivity contribution is 5.41. The average molecular weight is 290 g/mol. The van der Waals surface area contributed by atoms with E-state index in [1.165, 1.54) is 0 Å². The molecule has 1 atom stereocenters. The summed E-state index contributed by atoms with van der Waals surface area (Å²) >= 11 is 0. The number of nitrogens with zero attached hydrogens (tertiary/aromatic N) is 1. The number of methoxy groups -OCH3 is 1. The van der Waals surface area contributed by atoms with Gasteiger partial charge in [-0.1, -0.05) is 23.4 Å². The van der Waals surface area contributed by atoms with E-state index in [2.05, 4.69) is 5.16 Å². The molecule has 0 aliphatic heterocycles. The second-order valence-electron chi connectivity index (χ2n) is 5.25. The van der Waals surface area contributed by atoms with Crippen LogP contribution in [0.3, 0.4) is 0 Å². The van der Waals surface area contributed by atoms with E-state index < -0.39 is 0 Å². The maximum atomic E-state index is 5.93. The average Bonchev–Trinajstić information content (AvgIpc) is 2.86. The number of aryl methyl sites for hydroxylation is 1. The van der Waals surface area contributed by atoms with Gasteiger partial charge in [-0.2, -0.15) is 0 Å². The number of para-hydroxylation sites is 1. The van der Waals surface area contributed by atoms with Crippen molar-refractivity contribution in [2.24, 2.45) is 5.73 Å². The molecular formula is C16H22N2O3. The molecule has 5 heteroatoms. The Balaban J connectivity index is 2.07. The highest BCUT2D eigenvalue weighted by Gasteiger charge is 2.11. The fraction of sp³-hybridized carbons (Fsp3) is 0.438. The lowest BCUT2D eigenvalue weighted by Crippen LogP contribution is -2.18. The van der Waals surface area contributed by atoms with Gasteiger partial charge in [0.15, 0.2) is 5.76 Å². The molecule has 0 spiro atoms. The second kappa shape index (κ2) is 7.24. The fourth-order valence-corrected chi connectivity index (χ4v) is 2.21. The SMILES string of the molecule is COCc1cc(COc2c(C)cccc2CC(C)N)no1. The van der Waals surface area contributed by atoms with Gasteiger partial charge in [0.2, 0.25) is 0 Å². The quantitative estimate of drug-likeness (QED) is 0.848. The number of rotatable bonds is 7. The molecule has 0 saturated carbocycles. The third kappa shape index (κ3) is 4.31. The summed E-state index contributed by atoms with van der Waals surface area (Å²) in [5.74, 6) is 1.57. The van der Waals surface area contributed by atoms with Crippen LogP contribution < -0.4 is 10.5 Å². The number of aromatic nitrogens is 1. The van der Waals surface area contributed by atoms with Crippen LogP contribution in [0.15, 0.2) is 28.8 Å². The minimum absolute atomic E-state index is 0.0921. The molecule has 21 heavy (non-hydrogen) atoms. The minimum Gasteiger partial charge on any atom is -0.487 e. The first-order chi connectivity index (χ1) is 10.1. The van der Waals surface area contributed by atoms with Crippen molar-refractivity contribution in [3.05, 3.63) is 46.8 Å². The summed E-state index contributed by atoms with van der Waals surface area (Å²) in [6, 6.07) is 8.03. The van der Waals surface area contributed by atoms with Crippen molar-refractivity contribution in [3.8, 4) is 5.75 Å². The Morgan fingerprint density at radius 3 is 2.86 bits per heavy atom. The van der Waals surface area contributed by atoms with Crippen LogP contribution in [-0.2, 0) is 24.4 Å². The summed E-state index contributed by atoms with van der Waals surface area (Å²) in [6.07, 6.45) is 0.782. The maximum Gasteiger partial charge on any atom is 0.162 e. The molecule has 0 aliphatic carbocycles. The number of hydrogen-bond donors (Lipinski definition) is 1.